The third-order valence-corrected chi connectivity index (χ3v) is 8.52. The van der Waals surface area contributed by atoms with Gasteiger partial charge in [-0.2, -0.15) is 0 Å². The van der Waals surface area contributed by atoms with E-state index in [0.29, 0.717) is 11.7 Å². The summed E-state index contributed by atoms with van der Waals surface area (Å²) in [6, 6.07) is 0. The molecule has 4 aliphatic rings. The third-order valence-electron chi connectivity index (χ3n) is 8.52. The number of carbonyl (C=O) groups excluding carboxylic acids is 1. The molecule has 2 nitrogen and oxygen atoms in total. The maximum atomic E-state index is 11.8. The fraction of sp³-hybridized carbons (Fsp3) is 0.850. The fourth-order valence-corrected chi connectivity index (χ4v) is 6.80. The van der Waals surface area contributed by atoms with Gasteiger partial charge in [0.25, 0.3) is 0 Å². The van der Waals surface area contributed by atoms with Gasteiger partial charge < -0.3 is 5.11 Å². The monoisotopic (exact) mass is 302 g/mol. The second kappa shape index (κ2) is 4.47. The molecule has 3 fully saturated rings. The first kappa shape index (κ1) is 14.9. The first-order valence-corrected chi connectivity index (χ1v) is 9.24. The van der Waals surface area contributed by atoms with Crippen LogP contribution in [0.25, 0.3) is 0 Å². The van der Waals surface area contributed by atoms with Crippen molar-refractivity contribution < 1.29 is 9.90 Å². The second-order valence-electron chi connectivity index (χ2n) is 9.24. The Labute approximate surface area is 134 Å². The summed E-state index contributed by atoms with van der Waals surface area (Å²) in [4.78, 5) is 11.8. The van der Waals surface area contributed by atoms with Gasteiger partial charge in [0, 0.05) is 6.42 Å². The molecule has 2 heteroatoms. The van der Waals surface area contributed by atoms with Crippen molar-refractivity contribution in [3.05, 3.63) is 11.6 Å². The molecule has 0 unspecified atom stereocenters. The van der Waals surface area contributed by atoms with Crippen LogP contribution in [0.5, 0.6) is 0 Å². The zero-order valence-corrected chi connectivity index (χ0v) is 14.3. The van der Waals surface area contributed by atoms with Crippen molar-refractivity contribution in [2.24, 2.45) is 28.6 Å². The molecular weight excluding hydrogens is 272 g/mol. The molecule has 4 aliphatic carbocycles. The minimum absolute atomic E-state index is 0.107. The molecule has 4 rings (SSSR count). The Morgan fingerprint density at radius 2 is 1.73 bits per heavy atom. The predicted octanol–water partition coefficient (Wildman–Crippen LogP) is 4.27. The molecule has 122 valence electrons. The minimum atomic E-state index is -0.484. The normalized spacial score (nSPS) is 54.3. The van der Waals surface area contributed by atoms with Crippen LogP contribution in [0.3, 0.4) is 0 Å². The number of hydrogen-bond acceptors (Lipinski definition) is 2. The van der Waals surface area contributed by atoms with Gasteiger partial charge in [-0.1, -0.05) is 19.4 Å². The summed E-state index contributed by atoms with van der Waals surface area (Å²) in [6.45, 7) is 6.85. The lowest BCUT2D eigenvalue weighted by Gasteiger charge is -2.58. The molecule has 0 aliphatic heterocycles. The number of aliphatic hydroxyl groups is 1. The Bertz CT molecular complexity index is 546. The van der Waals surface area contributed by atoms with Crippen molar-refractivity contribution in [3.8, 4) is 0 Å². The molecule has 0 heterocycles. The van der Waals surface area contributed by atoms with Crippen molar-refractivity contribution in [2.75, 3.05) is 0 Å². The van der Waals surface area contributed by atoms with E-state index in [9.17, 15) is 9.90 Å². The van der Waals surface area contributed by atoms with Crippen LogP contribution in [0.1, 0.15) is 72.1 Å². The Kier molecular flexibility index (Phi) is 3.03. The third kappa shape index (κ3) is 1.74. The Hall–Kier alpha value is -0.630. The summed E-state index contributed by atoms with van der Waals surface area (Å²) in [5, 5.41) is 10.9. The van der Waals surface area contributed by atoms with Crippen molar-refractivity contribution in [3.63, 3.8) is 0 Å². The summed E-state index contributed by atoms with van der Waals surface area (Å²) >= 11 is 0. The SMILES string of the molecule is C[C@]12CCC(=O)C=C1CC[C@@H]1[C@H]2CC[C@@]2(C)[C@H]1CC[C@]2(C)O. The molecule has 1 N–H and O–H groups in total. The molecule has 0 saturated heterocycles. The summed E-state index contributed by atoms with van der Waals surface area (Å²) in [6.07, 6.45) is 10.7. The van der Waals surface area contributed by atoms with Gasteiger partial charge in [0.2, 0.25) is 0 Å². The van der Waals surface area contributed by atoms with Crippen molar-refractivity contribution in [1.82, 2.24) is 0 Å². The molecule has 6 atom stereocenters. The van der Waals surface area contributed by atoms with Gasteiger partial charge in [0.05, 0.1) is 5.60 Å². The average Bonchev–Trinajstić information content (AvgIpc) is 2.70. The zero-order chi connectivity index (χ0) is 15.8. The highest BCUT2D eigenvalue weighted by Crippen LogP contribution is 2.67. The number of ketones is 1. The maximum Gasteiger partial charge on any atom is 0.155 e. The number of hydrogen-bond donors (Lipinski definition) is 1. The van der Waals surface area contributed by atoms with Gasteiger partial charge in [-0.3, -0.25) is 4.79 Å². The van der Waals surface area contributed by atoms with E-state index < -0.39 is 5.60 Å². The molecule has 0 radical (unpaired) electrons. The highest BCUT2D eigenvalue weighted by atomic mass is 16.3. The first-order valence-electron chi connectivity index (χ1n) is 9.24. The summed E-state index contributed by atoms with van der Waals surface area (Å²) in [5.74, 6) is 2.50. The van der Waals surface area contributed by atoms with Crippen LogP contribution in [-0.2, 0) is 4.79 Å². The van der Waals surface area contributed by atoms with Gasteiger partial charge in [-0.25, -0.2) is 0 Å². The van der Waals surface area contributed by atoms with E-state index in [1.165, 1.54) is 24.8 Å². The molecule has 0 spiro atoms. The molecule has 0 bridgehead atoms. The van der Waals surface area contributed by atoms with Crippen molar-refractivity contribution in [1.29, 1.82) is 0 Å². The highest BCUT2D eigenvalue weighted by molar-refractivity contribution is 5.91. The standard InChI is InChI=1S/C20H30O2/c1-18-9-6-14(21)12-13(18)4-5-15-16(18)7-10-19(2)17(15)8-11-20(19,3)22/h12,15-17,22H,4-11H2,1-3H3/t15-,16-,17+,18+,19+,20+/m1/s1. The Morgan fingerprint density at radius 1 is 1.00 bits per heavy atom. The van der Waals surface area contributed by atoms with Crippen LogP contribution in [0.4, 0.5) is 0 Å². The predicted molar refractivity (Wildman–Crippen MR) is 87.3 cm³/mol. The number of rotatable bonds is 0. The molecule has 0 aromatic carbocycles. The minimum Gasteiger partial charge on any atom is -0.390 e. The summed E-state index contributed by atoms with van der Waals surface area (Å²) < 4.78 is 0. The largest absolute Gasteiger partial charge is 0.390 e. The lowest BCUT2D eigenvalue weighted by atomic mass is 9.46. The molecule has 0 amide bonds. The number of allylic oxidation sites excluding steroid dienone is 1. The second-order valence-corrected chi connectivity index (χ2v) is 9.24. The van der Waals surface area contributed by atoms with E-state index >= 15 is 0 Å². The van der Waals surface area contributed by atoms with Crippen molar-refractivity contribution in [2.45, 2.75) is 77.7 Å². The van der Waals surface area contributed by atoms with E-state index in [1.54, 1.807) is 0 Å². The van der Waals surface area contributed by atoms with E-state index in [1.807, 2.05) is 6.08 Å². The van der Waals surface area contributed by atoms with Crippen LogP contribution < -0.4 is 0 Å². The lowest BCUT2D eigenvalue weighted by molar-refractivity contribution is -0.124. The highest BCUT2D eigenvalue weighted by Gasteiger charge is 2.62. The van der Waals surface area contributed by atoms with Crippen LogP contribution in [-0.4, -0.2) is 16.5 Å². The topological polar surface area (TPSA) is 37.3 Å². The molecule has 0 aromatic heterocycles. The Morgan fingerprint density at radius 3 is 2.50 bits per heavy atom. The fourth-order valence-electron chi connectivity index (χ4n) is 6.80. The van der Waals surface area contributed by atoms with E-state index in [4.69, 9.17) is 0 Å². The van der Waals surface area contributed by atoms with Gasteiger partial charge in [-0.15, -0.1) is 0 Å². The van der Waals surface area contributed by atoms with Gasteiger partial charge >= 0.3 is 0 Å². The quantitative estimate of drug-likeness (QED) is 0.725. The van der Waals surface area contributed by atoms with E-state index in [2.05, 4.69) is 20.8 Å². The zero-order valence-electron chi connectivity index (χ0n) is 14.3. The smallest absolute Gasteiger partial charge is 0.155 e. The number of carbonyl (C=O) groups is 1. The molecule has 3 saturated carbocycles. The van der Waals surface area contributed by atoms with Crippen molar-refractivity contribution >= 4 is 5.78 Å². The van der Waals surface area contributed by atoms with Crippen LogP contribution >= 0.6 is 0 Å². The van der Waals surface area contributed by atoms with Crippen LogP contribution in [0.2, 0.25) is 0 Å². The van der Waals surface area contributed by atoms with Crippen LogP contribution in [0, 0.1) is 28.6 Å². The summed E-state index contributed by atoms with van der Waals surface area (Å²) in [7, 11) is 0. The van der Waals surface area contributed by atoms with Gasteiger partial charge in [-0.05, 0) is 86.5 Å². The Balaban J connectivity index is 1.70. The maximum absolute atomic E-state index is 11.8. The van der Waals surface area contributed by atoms with E-state index in [0.717, 1.165) is 43.9 Å². The van der Waals surface area contributed by atoms with E-state index in [-0.39, 0.29) is 10.8 Å². The van der Waals surface area contributed by atoms with Crippen LogP contribution in [0.15, 0.2) is 11.6 Å². The lowest BCUT2D eigenvalue weighted by Crippen LogP contribution is -2.53. The average molecular weight is 302 g/mol. The summed E-state index contributed by atoms with van der Waals surface area (Å²) in [5.41, 5.74) is 1.32. The molecule has 22 heavy (non-hydrogen) atoms. The van der Waals surface area contributed by atoms with Gasteiger partial charge in [0.15, 0.2) is 5.78 Å². The molecular formula is C20H30O2. The molecule has 0 aromatic rings. The van der Waals surface area contributed by atoms with Gasteiger partial charge in [0.1, 0.15) is 0 Å². The number of fused-ring (bicyclic) bond motifs is 5. The first-order chi connectivity index (χ1) is 10.3.